The van der Waals surface area contributed by atoms with Crippen LogP contribution in [-0.4, -0.2) is 5.91 Å². The fraction of sp³-hybridized carbons (Fsp3) is 0.312. The third kappa shape index (κ3) is 4.22. The molecule has 2 N–H and O–H groups in total. The molecule has 112 valence electrons. The van der Waals surface area contributed by atoms with Crippen molar-refractivity contribution in [3.8, 4) is 0 Å². The van der Waals surface area contributed by atoms with Crippen molar-refractivity contribution < 1.29 is 4.79 Å². The van der Waals surface area contributed by atoms with Gasteiger partial charge in [0.2, 0.25) is 5.91 Å². The molecule has 1 aromatic heterocycles. The molecule has 1 aromatic carbocycles. The molecule has 0 saturated carbocycles. The lowest BCUT2D eigenvalue weighted by molar-refractivity contribution is -0.114. The number of halogens is 1. The largest absolute Gasteiger partial charge is 0.378 e. The predicted octanol–water partition coefficient (Wildman–Crippen LogP) is 5.10. The van der Waals surface area contributed by atoms with Crippen LogP contribution in [0.3, 0.4) is 0 Å². The quantitative estimate of drug-likeness (QED) is 0.804. The summed E-state index contributed by atoms with van der Waals surface area (Å²) in [6.07, 6.45) is 1.06. The number of aryl methyl sites for hydroxylation is 1. The van der Waals surface area contributed by atoms with Gasteiger partial charge in [0.1, 0.15) is 0 Å². The average Bonchev–Trinajstić information content (AvgIpc) is 2.90. The molecule has 0 fully saturated rings. The number of rotatable bonds is 5. The van der Waals surface area contributed by atoms with Crippen LogP contribution in [0.15, 0.2) is 30.3 Å². The summed E-state index contributed by atoms with van der Waals surface area (Å²) in [6, 6.07) is 10.1. The van der Waals surface area contributed by atoms with E-state index in [-0.39, 0.29) is 11.9 Å². The fourth-order valence-electron chi connectivity index (χ4n) is 2.03. The first kappa shape index (κ1) is 15.9. The van der Waals surface area contributed by atoms with E-state index in [1.54, 1.807) is 0 Å². The molecular weight excluding hydrogens is 304 g/mol. The van der Waals surface area contributed by atoms with Crippen molar-refractivity contribution in [1.29, 1.82) is 0 Å². The standard InChI is InChI=1S/C16H19ClN2OS/c1-4-13-6-8-16(21-13)10(2)18-12-5-7-15(14(17)9-12)19-11(3)20/h5-10,18H,4H2,1-3H3,(H,19,20). The molecule has 0 bridgehead atoms. The molecule has 0 aliphatic carbocycles. The Labute approximate surface area is 134 Å². The Morgan fingerprint density at radius 2 is 2.10 bits per heavy atom. The molecule has 2 rings (SSSR count). The second kappa shape index (κ2) is 6.96. The zero-order chi connectivity index (χ0) is 15.4. The Hall–Kier alpha value is -1.52. The topological polar surface area (TPSA) is 41.1 Å². The van der Waals surface area contributed by atoms with Gasteiger partial charge < -0.3 is 10.6 Å². The summed E-state index contributed by atoms with van der Waals surface area (Å²) in [7, 11) is 0. The molecule has 1 amide bonds. The normalized spacial score (nSPS) is 12.0. The van der Waals surface area contributed by atoms with Crippen molar-refractivity contribution >= 4 is 40.2 Å². The van der Waals surface area contributed by atoms with Gasteiger partial charge in [-0.2, -0.15) is 0 Å². The number of carbonyl (C=O) groups is 1. The predicted molar refractivity (Wildman–Crippen MR) is 91.5 cm³/mol. The van der Waals surface area contributed by atoms with Crippen LogP contribution in [0.25, 0.3) is 0 Å². The van der Waals surface area contributed by atoms with Crippen molar-refractivity contribution in [3.63, 3.8) is 0 Å². The van der Waals surface area contributed by atoms with E-state index >= 15 is 0 Å². The highest BCUT2D eigenvalue weighted by Gasteiger charge is 2.10. The number of amides is 1. The second-order valence-corrected chi connectivity index (χ2v) is 6.51. The van der Waals surface area contributed by atoms with Gasteiger partial charge in [-0.1, -0.05) is 18.5 Å². The second-order valence-electron chi connectivity index (χ2n) is 4.90. The maximum absolute atomic E-state index is 11.1. The molecule has 0 spiro atoms. The van der Waals surface area contributed by atoms with Crippen molar-refractivity contribution in [1.82, 2.24) is 0 Å². The molecule has 0 aliphatic rings. The van der Waals surface area contributed by atoms with Crippen LogP contribution in [0.4, 0.5) is 11.4 Å². The maximum atomic E-state index is 11.1. The van der Waals surface area contributed by atoms with Crippen LogP contribution >= 0.6 is 22.9 Å². The van der Waals surface area contributed by atoms with E-state index in [2.05, 4.69) is 36.6 Å². The van der Waals surface area contributed by atoms with Gasteiger partial charge in [0, 0.05) is 22.4 Å². The Balaban J connectivity index is 2.08. The van der Waals surface area contributed by atoms with Gasteiger partial charge in [-0.15, -0.1) is 11.3 Å². The first-order chi connectivity index (χ1) is 9.99. The Morgan fingerprint density at radius 1 is 1.33 bits per heavy atom. The van der Waals surface area contributed by atoms with E-state index in [1.807, 2.05) is 29.5 Å². The molecule has 1 heterocycles. The molecule has 21 heavy (non-hydrogen) atoms. The molecule has 5 heteroatoms. The zero-order valence-electron chi connectivity index (χ0n) is 12.4. The van der Waals surface area contributed by atoms with E-state index in [0.29, 0.717) is 10.7 Å². The zero-order valence-corrected chi connectivity index (χ0v) is 13.9. The lowest BCUT2D eigenvalue weighted by atomic mass is 10.2. The highest BCUT2D eigenvalue weighted by Crippen LogP contribution is 2.30. The van der Waals surface area contributed by atoms with Gasteiger partial charge in [0.05, 0.1) is 16.8 Å². The van der Waals surface area contributed by atoms with Gasteiger partial charge in [-0.25, -0.2) is 0 Å². The Bertz CT molecular complexity index is 639. The minimum atomic E-state index is -0.128. The van der Waals surface area contributed by atoms with Crippen molar-refractivity contribution in [2.45, 2.75) is 33.2 Å². The molecule has 1 atom stereocenters. The summed E-state index contributed by atoms with van der Waals surface area (Å²) in [6.45, 7) is 5.75. The van der Waals surface area contributed by atoms with Gasteiger partial charge in [-0.3, -0.25) is 4.79 Å². The SMILES string of the molecule is CCc1ccc(C(C)Nc2ccc(NC(C)=O)c(Cl)c2)s1. The van der Waals surface area contributed by atoms with Gasteiger partial charge in [0.25, 0.3) is 0 Å². The van der Waals surface area contributed by atoms with Crippen molar-refractivity contribution in [2.75, 3.05) is 10.6 Å². The van der Waals surface area contributed by atoms with E-state index < -0.39 is 0 Å². The van der Waals surface area contributed by atoms with Gasteiger partial charge in [-0.05, 0) is 43.7 Å². The Morgan fingerprint density at radius 3 is 2.67 bits per heavy atom. The molecular formula is C16H19ClN2OS. The van der Waals surface area contributed by atoms with Crippen molar-refractivity contribution in [3.05, 3.63) is 45.1 Å². The fourth-order valence-corrected chi connectivity index (χ4v) is 3.22. The lowest BCUT2D eigenvalue weighted by Gasteiger charge is -2.15. The molecule has 0 saturated heterocycles. The van der Waals surface area contributed by atoms with E-state index in [9.17, 15) is 4.79 Å². The third-order valence-corrected chi connectivity index (χ3v) is 4.85. The van der Waals surface area contributed by atoms with Crippen LogP contribution in [-0.2, 0) is 11.2 Å². The summed E-state index contributed by atoms with van der Waals surface area (Å²) in [5, 5.41) is 6.66. The maximum Gasteiger partial charge on any atom is 0.221 e. The minimum Gasteiger partial charge on any atom is -0.378 e. The van der Waals surface area contributed by atoms with Gasteiger partial charge >= 0.3 is 0 Å². The van der Waals surface area contributed by atoms with Crippen LogP contribution in [0.5, 0.6) is 0 Å². The molecule has 2 aromatic rings. The summed E-state index contributed by atoms with van der Waals surface area (Å²) < 4.78 is 0. The van der Waals surface area contributed by atoms with Crippen LogP contribution in [0, 0.1) is 0 Å². The first-order valence-electron chi connectivity index (χ1n) is 6.92. The smallest absolute Gasteiger partial charge is 0.221 e. The summed E-state index contributed by atoms with van der Waals surface area (Å²) in [4.78, 5) is 13.7. The van der Waals surface area contributed by atoms with Gasteiger partial charge in [0.15, 0.2) is 0 Å². The van der Waals surface area contributed by atoms with Crippen LogP contribution in [0.1, 0.15) is 36.6 Å². The minimum absolute atomic E-state index is 0.128. The Kier molecular flexibility index (Phi) is 5.26. The highest BCUT2D eigenvalue weighted by atomic mass is 35.5. The first-order valence-corrected chi connectivity index (χ1v) is 8.11. The number of carbonyl (C=O) groups excluding carboxylic acids is 1. The van der Waals surface area contributed by atoms with E-state index in [1.165, 1.54) is 16.7 Å². The summed E-state index contributed by atoms with van der Waals surface area (Å²) in [5.74, 6) is -0.128. The highest BCUT2D eigenvalue weighted by molar-refractivity contribution is 7.12. The number of benzene rings is 1. The summed E-state index contributed by atoms with van der Waals surface area (Å²) >= 11 is 8.00. The monoisotopic (exact) mass is 322 g/mol. The number of thiophene rings is 1. The number of anilines is 2. The van der Waals surface area contributed by atoms with Crippen LogP contribution < -0.4 is 10.6 Å². The average molecular weight is 323 g/mol. The summed E-state index contributed by atoms with van der Waals surface area (Å²) in [5.41, 5.74) is 1.57. The molecule has 3 nitrogen and oxygen atoms in total. The van der Waals surface area contributed by atoms with Crippen LogP contribution in [0.2, 0.25) is 5.02 Å². The molecule has 1 unspecified atom stereocenters. The number of nitrogens with one attached hydrogen (secondary N) is 2. The molecule has 0 aliphatic heterocycles. The van der Waals surface area contributed by atoms with Crippen molar-refractivity contribution in [2.24, 2.45) is 0 Å². The molecule has 0 radical (unpaired) electrons. The van der Waals surface area contributed by atoms with E-state index in [0.717, 1.165) is 12.1 Å². The third-order valence-electron chi connectivity index (χ3n) is 3.12. The lowest BCUT2D eigenvalue weighted by Crippen LogP contribution is -2.07. The number of hydrogen-bond acceptors (Lipinski definition) is 3. The number of hydrogen-bond donors (Lipinski definition) is 2. The van der Waals surface area contributed by atoms with E-state index in [4.69, 9.17) is 11.6 Å².